The Morgan fingerprint density at radius 1 is 0.963 bits per heavy atom. The Balaban J connectivity index is 1.95. The van der Waals surface area contributed by atoms with Crippen molar-refractivity contribution < 1.29 is 14.3 Å². The van der Waals surface area contributed by atoms with Crippen molar-refractivity contribution in [1.82, 2.24) is 0 Å². The third-order valence-electron chi connectivity index (χ3n) is 4.06. The van der Waals surface area contributed by atoms with Crippen LogP contribution in [0.25, 0.3) is 0 Å². The van der Waals surface area contributed by atoms with Gasteiger partial charge in [0, 0.05) is 17.8 Å². The van der Waals surface area contributed by atoms with E-state index in [0.717, 1.165) is 5.56 Å². The van der Waals surface area contributed by atoms with Gasteiger partial charge in [0.2, 0.25) is 5.91 Å². The molecule has 0 heterocycles. The van der Waals surface area contributed by atoms with Gasteiger partial charge < -0.3 is 15.4 Å². The zero-order valence-electron chi connectivity index (χ0n) is 16.4. The summed E-state index contributed by atoms with van der Waals surface area (Å²) < 4.78 is 5.87. The van der Waals surface area contributed by atoms with Gasteiger partial charge in [0.05, 0.1) is 0 Å². The number of amides is 2. The van der Waals surface area contributed by atoms with Crippen molar-refractivity contribution in [3.63, 3.8) is 0 Å². The van der Waals surface area contributed by atoms with Gasteiger partial charge in [-0.25, -0.2) is 0 Å². The van der Waals surface area contributed by atoms with E-state index in [1.54, 1.807) is 24.3 Å². The van der Waals surface area contributed by atoms with E-state index in [0.29, 0.717) is 35.9 Å². The van der Waals surface area contributed by atoms with Crippen LogP contribution >= 0.6 is 0 Å². The minimum atomic E-state index is -0.573. The molecule has 2 aromatic carbocycles. The monoisotopic (exact) mass is 368 g/mol. The summed E-state index contributed by atoms with van der Waals surface area (Å²) in [5.74, 6) is 0.808. The average molecular weight is 368 g/mol. The van der Waals surface area contributed by atoms with E-state index in [9.17, 15) is 9.59 Å². The highest BCUT2D eigenvalue weighted by molar-refractivity contribution is 5.95. The molecule has 1 unspecified atom stereocenters. The summed E-state index contributed by atoms with van der Waals surface area (Å²) in [5, 5.41) is 5.72. The van der Waals surface area contributed by atoms with Crippen LogP contribution in [0.15, 0.2) is 48.5 Å². The molecule has 1 atom stereocenters. The molecule has 2 N–H and O–H groups in total. The van der Waals surface area contributed by atoms with Gasteiger partial charge in [-0.1, -0.05) is 39.0 Å². The maximum atomic E-state index is 12.5. The number of carbonyl (C=O) groups is 2. The van der Waals surface area contributed by atoms with Gasteiger partial charge in [0.25, 0.3) is 5.91 Å². The molecule has 144 valence electrons. The SMILES string of the molecule is CCC(Oc1ccccc1C)C(=O)Nc1ccc(NC(=O)CC(C)C)cc1. The second kappa shape index (κ2) is 9.76. The van der Waals surface area contributed by atoms with Gasteiger partial charge in [-0.2, -0.15) is 0 Å². The molecule has 0 radical (unpaired) electrons. The van der Waals surface area contributed by atoms with E-state index in [4.69, 9.17) is 4.74 Å². The van der Waals surface area contributed by atoms with Crippen molar-refractivity contribution in [3.8, 4) is 5.75 Å². The van der Waals surface area contributed by atoms with Crippen LogP contribution in [-0.2, 0) is 9.59 Å². The number of carbonyl (C=O) groups excluding carboxylic acids is 2. The molecule has 5 heteroatoms. The molecule has 2 rings (SSSR count). The van der Waals surface area contributed by atoms with E-state index >= 15 is 0 Å². The summed E-state index contributed by atoms with van der Waals surface area (Å²) in [4.78, 5) is 24.4. The zero-order chi connectivity index (χ0) is 19.8. The molecule has 0 saturated heterocycles. The largest absolute Gasteiger partial charge is 0.480 e. The molecular weight excluding hydrogens is 340 g/mol. The van der Waals surface area contributed by atoms with E-state index in [2.05, 4.69) is 10.6 Å². The fourth-order valence-corrected chi connectivity index (χ4v) is 2.61. The van der Waals surface area contributed by atoms with E-state index in [-0.39, 0.29) is 11.8 Å². The number of hydrogen-bond donors (Lipinski definition) is 2. The molecule has 0 aliphatic carbocycles. The van der Waals surface area contributed by atoms with Gasteiger partial charge in [0.1, 0.15) is 5.75 Å². The number of aryl methyl sites for hydroxylation is 1. The van der Waals surface area contributed by atoms with Crippen LogP contribution in [0.3, 0.4) is 0 Å². The van der Waals surface area contributed by atoms with Crippen LogP contribution < -0.4 is 15.4 Å². The Kier molecular flexibility index (Phi) is 7.41. The molecule has 27 heavy (non-hydrogen) atoms. The van der Waals surface area contributed by atoms with Crippen LogP contribution in [0.5, 0.6) is 5.75 Å². The predicted molar refractivity (Wildman–Crippen MR) is 109 cm³/mol. The van der Waals surface area contributed by atoms with E-state index in [1.807, 2.05) is 52.0 Å². The first kappa shape index (κ1) is 20.5. The molecule has 0 aliphatic rings. The van der Waals surface area contributed by atoms with Crippen molar-refractivity contribution in [3.05, 3.63) is 54.1 Å². The molecule has 0 bridgehead atoms. The van der Waals surface area contributed by atoms with Crippen LogP contribution in [0.1, 0.15) is 39.2 Å². The molecule has 0 spiro atoms. The standard InChI is InChI=1S/C22H28N2O3/c1-5-19(27-20-9-7-6-8-16(20)4)22(26)24-18-12-10-17(11-13-18)23-21(25)14-15(2)3/h6-13,15,19H,5,14H2,1-4H3,(H,23,25)(H,24,26). The number of anilines is 2. The molecular formula is C22H28N2O3. The van der Waals surface area contributed by atoms with Gasteiger partial charge in [-0.3, -0.25) is 9.59 Å². The number of rotatable bonds is 8. The zero-order valence-corrected chi connectivity index (χ0v) is 16.4. The number of ether oxygens (including phenoxy) is 1. The Bertz CT molecular complexity index is 769. The predicted octanol–water partition coefficient (Wildman–Crippen LogP) is 4.78. The Morgan fingerprint density at radius 3 is 2.11 bits per heavy atom. The quantitative estimate of drug-likeness (QED) is 0.705. The van der Waals surface area contributed by atoms with Crippen molar-refractivity contribution in [1.29, 1.82) is 0 Å². The van der Waals surface area contributed by atoms with Crippen LogP contribution in [-0.4, -0.2) is 17.9 Å². The first-order chi connectivity index (χ1) is 12.9. The molecule has 5 nitrogen and oxygen atoms in total. The highest BCUT2D eigenvalue weighted by Crippen LogP contribution is 2.20. The summed E-state index contributed by atoms with van der Waals surface area (Å²) in [5.41, 5.74) is 2.36. The molecule has 2 amide bonds. The first-order valence-corrected chi connectivity index (χ1v) is 9.32. The maximum Gasteiger partial charge on any atom is 0.265 e. The minimum absolute atomic E-state index is 0.0144. The highest BCUT2D eigenvalue weighted by atomic mass is 16.5. The van der Waals surface area contributed by atoms with Gasteiger partial charge in [-0.05, 0) is 55.2 Å². The molecule has 0 aromatic heterocycles. The normalized spacial score (nSPS) is 11.7. The number of para-hydroxylation sites is 1. The second-order valence-electron chi connectivity index (χ2n) is 6.99. The van der Waals surface area contributed by atoms with E-state index in [1.165, 1.54) is 0 Å². The summed E-state index contributed by atoms with van der Waals surface area (Å²) in [7, 11) is 0. The Hall–Kier alpha value is -2.82. The van der Waals surface area contributed by atoms with Gasteiger partial charge in [0.15, 0.2) is 6.10 Å². The lowest BCUT2D eigenvalue weighted by Gasteiger charge is -2.18. The lowest BCUT2D eigenvalue weighted by molar-refractivity contribution is -0.122. The molecule has 0 saturated carbocycles. The molecule has 0 aliphatic heterocycles. The van der Waals surface area contributed by atoms with Gasteiger partial charge in [-0.15, -0.1) is 0 Å². The fourth-order valence-electron chi connectivity index (χ4n) is 2.61. The number of benzene rings is 2. The smallest absolute Gasteiger partial charge is 0.265 e. The Morgan fingerprint density at radius 2 is 1.56 bits per heavy atom. The highest BCUT2D eigenvalue weighted by Gasteiger charge is 2.19. The summed E-state index contributed by atoms with van der Waals surface area (Å²) in [6.45, 7) is 7.87. The summed E-state index contributed by atoms with van der Waals surface area (Å²) in [6.07, 6.45) is 0.465. The third-order valence-corrected chi connectivity index (χ3v) is 4.06. The first-order valence-electron chi connectivity index (χ1n) is 9.32. The topological polar surface area (TPSA) is 67.4 Å². The van der Waals surface area contributed by atoms with Crippen molar-refractivity contribution in [2.45, 2.75) is 46.6 Å². The summed E-state index contributed by atoms with van der Waals surface area (Å²) in [6, 6.07) is 14.7. The van der Waals surface area contributed by atoms with Gasteiger partial charge >= 0.3 is 0 Å². The average Bonchev–Trinajstić information content (AvgIpc) is 2.62. The van der Waals surface area contributed by atoms with Crippen molar-refractivity contribution in [2.24, 2.45) is 5.92 Å². The van der Waals surface area contributed by atoms with E-state index < -0.39 is 6.10 Å². The van der Waals surface area contributed by atoms with Crippen LogP contribution in [0.4, 0.5) is 11.4 Å². The lowest BCUT2D eigenvalue weighted by Crippen LogP contribution is -2.32. The lowest BCUT2D eigenvalue weighted by atomic mass is 10.1. The number of nitrogens with one attached hydrogen (secondary N) is 2. The fraction of sp³-hybridized carbons (Fsp3) is 0.364. The van der Waals surface area contributed by atoms with Crippen molar-refractivity contribution >= 4 is 23.2 Å². The maximum absolute atomic E-state index is 12.5. The van der Waals surface area contributed by atoms with Crippen LogP contribution in [0, 0.1) is 12.8 Å². The van der Waals surface area contributed by atoms with Crippen LogP contribution in [0.2, 0.25) is 0 Å². The summed E-state index contributed by atoms with van der Waals surface area (Å²) >= 11 is 0. The third kappa shape index (κ3) is 6.44. The number of hydrogen-bond acceptors (Lipinski definition) is 3. The second-order valence-corrected chi connectivity index (χ2v) is 6.99. The molecule has 0 fully saturated rings. The Labute approximate surface area is 161 Å². The molecule has 2 aromatic rings. The van der Waals surface area contributed by atoms with Crippen molar-refractivity contribution in [2.75, 3.05) is 10.6 Å². The minimum Gasteiger partial charge on any atom is -0.480 e.